The second-order valence-corrected chi connectivity index (χ2v) is 5.55. The van der Waals surface area contributed by atoms with Crippen molar-refractivity contribution in [3.63, 3.8) is 0 Å². The molecule has 2 nitrogen and oxygen atoms in total. The summed E-state index contributed by atoms with van der Waals surface area (Å²) >= 11 is 4.26. The van der Waals surface area contributed by atoms with Gasteiger partial charge in [0.15, 0.2) is 0 Å². The van der Waals surface area contributed by atoms with Crippen molar-refractivity contribution in [3.8, 4) is 0 Å². The van der Waals surface area contributed by atoms with Crippen LogP contribution in [0.1, 0.15) is 40.5 Å². The number of carboxylic acid groups (broad SMARTS) is 1. The van der Waals surface area contributed by atoms with Crippen LogP contribution in [-0.2, 0) is 4.79 Å². The second kappa shape index (κ2) is 4.36. The summed E-state index contributed by atoms with van der Waals surface area (Å²) in [7, 11) is 0. The lowest BCUT2D eigenvalue weighted by Gasteiger charge is -2.32. The van der Waals surface area contributed by atoms with Crippen molar-refractivity contribution in [1.29, 1.82) is 0 Å². The Labute approximate surface area is 86.1 Å². The zero-order valence-electron chi connectivity index (χ0n) is 8.92. The van der Waals surface area contributed by atoms with E-state index in [0.29, 0.717) is 0 Å². The van der Waals surface area contributed by atoms with Gasteiger partial charge in [-0.05, 0) is 23.0 Å². The highest BCUT2D eigenvalue weighted by Crippen LogP contribution is 2.36. The Morgan fingerprint density at radius 3 is 2.00 bits per heavy atom. The molecule has 0 spiro atoms. The maximum Gasteiger partial charge on any atom is 0.303 e. The minimum atomic E-state index is -0.722. The zero-order chi connectivity index (χ0) is 10.7. The van der Waals surface area contributed by atoms with Crippen molar-refractivity contribution in [1.82, 2.24) is 0 Å². The Morgan fingerprint density at radius 1 is 1.23 bits per heavy atom. The molecule has 78 valence electrons. The first-order valence-corrected chi connectivity index (χ1v) is 5.14. The lowest BCUT2D eigenvalue weighted by atomic mass is 9.74. The number of carbonyl (C=O) groups is 1. The van der Waals surface area contributed by atoms with Crippen LogP contribution in [0.2, 0.25) is 0 Å². The smallest absolute Gasteiger partial charge is 0.303 e. The largest absolute Gasteiger partial charge is 0.481 e. The monoisotopic (exact) mass is 204 g/mol. The average Bonchev–Trinajstić information content (AvgIpc) is 1.81. The third kappa shape index (κ3) is 5.97. The third-order valence-electron chi connectivity index (χ3n) is 2.01. The second-order valence-electron chi connectivity index (χ2n) is 5.23. The summed E-state index contributed by atoms with van der Waals surface area (Å²) in [6.45, 7) is 8.21. The van der Waals surface area contributed by atoms with Crippen LogP contribution < -0.4 is 0 Å². The molecule has 13 heavy (non-hydrogen) atoms. The van der Waals surface area contributed by atoms with Gasteiger partial charge in [-0.1, -0.05) is 27.7 Å². The fourth-order valence-electron chi connectivity index (χ4n) is 1.82. The molecule has 0 aromatic rings. The minimum absolute atomic E-state index is 0.113. The van der Waals surface area contributed by atoms with Gasteiger partial charge in [0.05, 0.1) is 6.42 Å². The van der Waals surface area contributed by atoms with Gasteiger partial charge in [0.25, 0.3) is 0 Å². The van der Waals surface area contributed by atoms with Crippen molar-refractivity contribution in [2.24, 2.45) is 10.8 Å². The zero-order valence-corrected chi connectivity index (χ0v) is 9.82. The number of carboxylic acids is 1. The molecule has 0 atom stereocenters. The molecule has 0 radical (unpaired) electrons. The van der Waals surface area contributed by atoms with Crippen LogP contribution in [0.15, 0.2) is 0 Å². The Balaban J connectivity index is 4.24. The van der Waals surface area contributed by atoms with E-state index in [0.717, 1.165) is 12.2 Å². The molecule has 0 aromatic heterocycles. The van der Waals surface area contributed by atoms with Gasteiger partial charge in [0.2, 0.25) is 0 Å². The average molecular weight is 204 g/mol. The Bertz CT molecular complexity index is 185. The predicted octanol–water partition coefficient (Wildman–Crippen LogP) is 2.83. The van der Waals surface area contributed by atoms with E-state index >= 15 is 0 Å². The first kappa shape index (κ1) is 12.8. The van der Waals surface area contributed by atoms with Gasteiger partial charge in [-0.15, -0.1) is 0 Å². The van der Waals surface area contributed by atoms with E-state index in [1.165, 1.54) is 0 Å². The molecule has 3 heteroatoms. The van der Waals surface area contributed by atoms with Gasteiger partial charge in [0, 0.05) is 0 Å². The molecular formula is C10H20O2S. The lowest BCUT2D eigenvalue weighted by Crippen LogP contribution is -2.26. The standard InChI is InChI=1S/C10H20O2S/c1-9(2,5-8(11)12)6-10(3,4)7-13/h13H,5-7H2,1-4H3,(H,11,12). The molecule has 0 bridgehead atoms. The third-order valence-corrected chi connectivity index (χ3v) is 2.87. The molecule has 0 unspecified atom stereocenters. The van der Waals surface area contributed by atoms with Gasteiger partial charge >= 0.3 is 5.97 Å². The SMILES string of the molecule is CC(C)(CS)CC(C)(C)CC(=O)O. The predicted molar refractivity (Wildman–Crippen MR) is 58.3 cm³/mol. The molecule has 0 aromatic carbocycles. The summed E-state index contributed by atoms with van der Waals surface area (Å²) in [5.74, 6) is 0.0655. The molecule has 0 aliphatic carbocycles. The molecule has 0 fully saturated rings. The van der Waals surface area contributed by atoms with E-state index in [4.69, 9.17) is 5.11 Å². The Kier molecular flexibility index (Phi) is 4.30. The first-order chi connectivity index (χ1) is 5.68. The molecule has 0 saturated heterocycles. The van der Waals surface area contributed by atoms with Crippen LogP contribution >= 0.6 is 12.6 Å². The Morgan fingerprint density at radius 2 is 1.69 bits per heavy atom. The molecule has 0 heterocycles. The number of hydrogen-bond acceptors (Lipinski definition) is 2. The molecule has 0 rings (SSSR count). The topological polar surface area (TPSA) is 37.3 Å². The summed E-state index contributed by atoms with van der Waals surface area (Å²) in [5, 5.41) is 8.70. The van der Waals surface area contributed by atoms with E-state index in [9.17, 15) is 4.79 Å². The minimum Gasteiger partial charge on any atom is -0.481 e. The van der Waals surface area contributed by atoms with Crippen LogP contribution in [0, 0.1) is 10.8 Å². The van der Waals surface area contributed by atoms with Gasteiger partial charge in [-0.3, -0.25) is 4.79 Å². The fraction of sp³-hybridized carbons (Fsp3) is 0.900. The molecule has 0 aliphatic rings. The van der Waals surface area contributed by atoms with E-state index < -0.39 is 5.97 Å². The van der Waals surface area contributed by atoms with Gasteiger partial charge < -0.3 is 5.11 Å². The van der Waals surface area contributed by atoms with Crippen molar-refractivity contribution < 1.29 is 9.90 Å². The van der Waals surface area contributed by atoms with E-state index in [-0.39, 0.29) is 17.3 Å². The summed E-state index contributed by atoms with van der Waals surface area (Å²) in [5.41, 5.74) is -0.0277. The maximum absolute atomic E-state index is 10.6. The molecular weight excluding hydrogens is 184 g/mol. The fourth-order valence-corrected chi connectivity index (χ4v) is 1.94. The van der Waals surface area contributed by atoms with Gasteiger partial charge in [-0.2, -0.15) is 12.6 Å². The summed E-state index contributed by atoms with van der Waals surface area (Å²) < 4.78 is 0. The summed E-state index contributed by atoms with van der Waals surface area (Å²) in [6.07, 6.45) is 1.11. The van der Waals surface area contributed by atoms with Crippen molar-refractivity contribution >= 4 is 18.6 Å². The highest BCUT2D eigenvalue weighted by molar-refractivity contribution is 7.80. The molecule has 0 aliphatic heterocycles. The van der Waals surface area contributed by atoms with Crippen LogP contribution in [0.4, 0.5) is 0 Å². The lowest BCUT2D eigenvalue weighted by molar-refractivity contribution is -0.139. The van der Waals surface area contributed by atoms with Crippen LogP contribution in [0.3, 0.4) is 0 Å². The van der Waals surface area contributed by atoms with E-state index in [2.05, 4.69) is 26.5 Å². The summed E-state index contributed by atoms with van der Waals surface area (Å²) in [4.78, 5) is 10.6. The van der Waals surface area contributed by atoms with Crippen LogP contribution in [0.5, 0.6) is 0 Å². The van der Waals surface area contributed by atoms with Gasteiger partial charge in [0.1, 0.15) is 0 Å². The first-order valence-electron chi connectivity index (χ1n) is 4.51. The van der Waals surface area contributed by atoms with Crippen molar-refractivity contribution in [2.75, 3.05) is 5.75 Å². The summed E-state index contributed by atoms with van der Waals surface area (Å²) in [6, 6.07) is 0. The van der Waals surface area contributed by atoms with Crippen LogP contribution in [0.25, 0.3) is 0 Å². The number of aliphatic carboxylic acids is 1. The molecule has 0 amide bonds. The quantitative estimate of drug-likeness (QED) is 0.676. The van der Waals surface area contributed by atoms with Gasteiger partial charge in [-0.25, -0.2) is 0 Å². The van der Waals surface area contributed by atoms with E-state index in [1.54, 1.807) is 0 Å². The maximum atomic E-state index is 10.6. The van der Waals surface area contributed by atoms with E-state index in [1.807, 2.05) is 13.8 Å². The number of rotatable bonds is 5. The normalized spacial score (nSPS) is 13.0. The number of hydrogen-bond donors (Lipinski definition) is 2. The molecule has 1 N–H and O–H groups in total. The van der Waals surface area contributed by atoms with Crippen molar-refractivity contribution in [2.45, 2.75) is 40.5 Å². The number of thiol groups is 1. The highest BCUT2D eigenvalue weighted by Gasteiger charge is 2.29. The van der Waals surface area contributed by atoms with Crippen LogP contribution in [-0.4, -0.2) is 16.8 Å². The Hall–Kier alpha value is -0.180. The van der Waals surface area contributed by atoms with Crippen molar-refractivity contribution in [3.05, 3.63) is 0 Å². The highest BCUT2D eigenvalue weighted by atomic mass is 32.1. The molecule has 0 saturated carbocycles.